The first kappa shape index (κ1) is 23.1. The Bertz CT molecular complexity index is 1200. The van der Waals surface area contributed by atoms with Gasteiger partial charge in [0, 0.05) is 24.0 Å². The minimum atomic E-state index is -0.926. The van der Waals surface area contributed by atoms with Crippen molar-refractivity contribution in [1.82, 2.24) is 15.3 Å². The zero-order valence-corrected chi connectivity index (χ0v) is 19.2. The molecule has 3 aromatic rings. The fraction of sp³-hybridized carbons (Fsp3) is 0.250. The van der Waals surface area contributed by atoms with Crippen LogP contribution in [0.5, 0.6) is 0 Å². The Kier molecular flexibility index (Phi) is 7.25. The highest BCUT2D eigenvalue weighted by atomic mass is 32.1. The molecule has 0 spiro atoms. The molecular formula is C24H24N6O3S. The number of benzene rings is 1. The number of nitrogens with two attached hydrogens (primary N) is 1. The third-order valence-electron chi connectivity index (χ3n) is 5.34. The lowest BCUT2D eigenvalue weighted by Crippen LogP contribution is -2.36. The Morgan fingerprint density at radius 2 is 1.94 bits per heavy atom. The third-order valence-corrected chi connectivity index (χ3v) is 6.11. The molecule has 1 fully saturated rings. The van der Waals surface area contributed by atoms with Gasteiger partial charge in [0.2, 0.25) is 0 Å². The molecule has 1 aliphatic heterocycles. The molecule has 34 heavy (non-hydrogen) atoms. The molecule has 3 amide bonds. The van der Waals surface area contributed by atoms with Crippen LogP contribution in [-0.4, -0.2) is 41.8 Å². The largest absolute Gasteiger partial charge is 0.447 e. The van der Waals surface area contributed by atoms with Crippen LogP contribution in [0.4, 0.5) is 21.2 Å². The van der Waals surface area contributed by atoms with Gasteiger partial charge in [-0.15, -0.1) is 17.8 Å². The van der Waals surface area contributed by atoms with Crippen LogP contribution in [0.25, 0.3) is 11.3 Å². The van der Waals surface area contributed by atoms with Gasteiger partial charge in [0.15, 0.2) is 5.01 Å². The lowest BCUT2D eigenvalue weighted by atomic mass is 10.0. The van der Waals surface area contributed by atoms with Crippen molar-refractivity contribution in [3.8, 4) is 23.6 Å². The Labute approximate surface area is 201 Å². The number of urea groups is 1. The number of rotatable bonds is 7. The van der Waals surface area contributed by atoms with Crippen molar-refractivity contribution in [3.05, 3.63) is 58.4 Å². The van der Waals surface area contributed by atoms with Crippen LogP contribution in [0, 0.1) is 12.3 Å². The third kappa shape index (κ3) is 5.82. The predicted molar refractivity (Wildman–Crippen MR) is 132 cm³/mol. The second-order valence-electron chi connectivity index (χ2n) is 7.66. The number of hydrogen-bond donors (Lipinski definition) is 3. The van der Waals surface area contributed by atoms with Gasteiger partial charge in [-0.05, 0) is 36.5 Å². The summed E-state index contributed by atoms with van der Waals surface area (Å²) in [6, 6.07) is 12.4. The standard InChI is InChI=1S/C24H24N6O3S/c1-2-22-28-20(15-34-22)29-24(32)27-19(14-33-23(25)31)17-10-8-16(9-11-17)18-6-5-7-21(26-18)30-12-3-4-13-30/h1,5-11,15,19H,3-4,12-14H2,(H2,25,31)(H2,27,29,32). The highest BCUT2D eigenvalue weighted by Crippen LogP contribution is 2.25. The Hall–Kier alpha value is -4.10. The van der Waals surface area contributed by atoms with Gasteiger partial charge in [0.05, 0.1) is 11.7 Å². The van der Waals surface area contributed by atoms with Crippen molar-refractivity contribution in [2.75, 3.05) is 29.9 Å². The maximum Gasteiger partial charge on any atom is 0.404 e. The number of hydrogen-bond acceptors (Lipinski definition) is 7. The average molecular weight is 477 g/mol. The Balaban J connectivity index is 1.48. The minimum absolute atomic E-state index is 0.128. The van der Waals surface area contributed by atoms with Gasteiger partial charge in [0.1, 0.15) is 18.2 Å². The monoisotopic (exact) mass is 476 g/mol. The number of amides is 3. The number of nitrogens with zero attached hydrogens (tertiary/aromatic N) is 3. The molecule has 2 aromatic heterocycles. The van der Waals surface area contributed by atoms with E-state index >= 15 is 0 Å². The van der Waals surface area contributed by atoms with Crippen LogP contribution in [0.1, 0.15) is 29.5 Å². The van der Waals surface area contributed by atoms with E-state index in [1.54, 1.807) is 5.38 Å². The minimum Gasteiger partial charge on any atom is -0.447 e. The number of ether oxygens (including phenoxy) is 1. The lowest BCUT2D eigenvalue weighted by molar-refractivity contribution is 0.144. The highest BCUT2D eigenvalue weighted by molar-refractivity contribution is 7.10. The number of anilines is 2. The fourth-order valence-corrected chi connectivity index (χ4v) is 4.24. The zero-order valence-electron chi connectivity index (χ0n) is 18.4. The molecule has 1 aromatic carbocycles. The molecule has 9 nitrogen and oxygen atoms in total. The summed E-state index contributed by atoms with van der Waals surface area (Å²) in [4.78, 5) is 34.8. The molecule has 0 radical (unpaired) electrons. The predicted octanol–water partition coefficient (Wildman–Crippen LogP) is 3.74. The van der Waals surface area contributed by atoms with Crippen LogP contribution >= 0.6 is 11.3 Å². The van der Waals surface area contributed by atoms with Crippen LogP contribution in [0.3, 0.4) is 0 Å². The Morgan fingerprint density at radius 3 is 2.62 bits per heavy atom. The highest BCUT2D eigenvalue weighted by Gasteiger charge is 2.18. The number of aromatic nitrogens is 2. The van der Waals surface area contributed by atoms with Crippen molar-refractivity contribution in [3.63, 3.8) is 0 Å². The number of nitrogens with one attached hydrogen (secondary N) is 2. The van der Waals surface area contributed by atoms with Crippen molar-refractivity contribution in [1.29, 1.82) is 0 Å². The smallest absolute Gasteiger partial charge is 0.404 e. The SMILES string of the molecule is C#Cc1nc(NC(=O)NC(COC(N)=O)c2ccc(-c3cccc(N4CCCC4)n3)cc2)cs1. The van der Waals surface area contributed by atoms with Crippen LogP contribution < -0.4 is 21.3 Å². The maximum absolute atomic E-state index is 12.5. The van der Waals surface area contributed by atoms with Gasteiger partial charge in [0.25, 0.3) is 0 Å². The number of thiazole rings is 1. The molecule has 3 heterocycles. The van der Waals surface area contributed by atoms with Gasteiger partial charge >= 0.3 is 12.1 Å². The maximum atomic E-state index is 12.5. The number of primary amides is 1. The van der Waals surface area contributed by atoms with Crippen LogP contribution in [-0.2, 0) is 4.74 Å². The summed E-state index contributed by atoms with van der Waals surface area (Å²) in [7, 11) is 0. The summed E-state index contributed by atoms with van der Waals surface area (Å²) in [6.45, 7) is 1.92. The van der Waals surface area contributed by atoms with Crippen molar-refractivity contribution in [2.24, 2.45) is 5.73 Å². The van der Waals surface area contributed by atoms with E-state index in [1.807, 2.05) is 42.5 Å². The molecule has 1 saturated heterocycles. The number of pyridine rings is 1. The van der Waals surface area contributed by atoms with E-state index in [-0.39, 0.29) is 6.61 Å². The summed E-state index contributed by atoms with van der Waals surface area (Å²) in [5, 5.41) is 7.50. The van der Waals surface area contributed by atoms with E-state index in [9.17, 15) is 9.59 Å². The van der Waals surface area contributed by atoms with E-state index in [4.69, 9.17) is 21.9 Å². The summed E-state index contributed by atoms with van der Waals surface area (Å²) >= 11 is 1.24. The van der Waals surface area contributed by atoms with E-state index in [0.29, 0.717) is 10.8 Å². The molecule has 0 aliphatic carbocycles. The first-order valence-corrected chi connectivity index (χ1v) is 11.6. The quantitative estimate of drug-likeness (QED) is 0.447. The van der Waals surface area contributed by atoms with Gasteiger partial charge < -0.3 is 20.7 Å². The topological polar surface area (TPSA) is 122 Å². The molecule has 0 saturated carbocycles. The molecule has 0 bridgehead atoms. The van der Waals surface area contributed by atoms with Crippen molar-refractivity contribution in [2.45, 2.75) is 18.9 Å². The second-order valence-corrected chi connectivity index (χ2v) is 8.52. The number of carbonyl (C=O) groups excluding carboxylic acids is 2. The van der Waals surface area contributed by atoms with E-state index in [1.165, 1.54) is 24.2 Å². The summed E-state index contributed by atoms with van der Waals surface area (Å²) < 4.78 is 4.96. The normalized spacial score (nSPS) is 13.7. The molecule has 1 aliphatic rings. The van der Waals surface area contributed by atoms with Crippen molar-refractivity contribution < 1.29 is 14.3 Å². The lowest BCUT2D eigenvalue weighted by Gasteiger charge is -2.19. The second kappa shape index (κ2) is 10.7. The molecule has 174 valence electrons. The number of terminal acetylenes is 1. The van der Waals surface area contributed by atoms with Crippen LogP contribution in [0.15, 0.2) is 47.8 Å². The first-order chi connectivity index (χ1) is 16.5. The Morgan fingerprint density at radius 1 is 1.18 bits per heavy atom. The molecule has 4 rings (SSSR count). The molecule has 10 heteroatoms. The van der Waals surface area contributed by atoms with Gasteiger partial charge in [-0.25, -0.2) is 19.6 Å². The molecule has 1 unspecified atom stereocenters. The summed E-state index contributed by atoms with van der Waals surface area (Å²) in [5.41, 5.74) is 7.66. The summed E-state index contributed by atoms with van der Waals surface area (Å²) in [5.74, 6) is 3.72. The number of carbonyl (C=O) groups is 2. The average Bonchev–Trinajstić information content (AvgIpc) is 3.54. The molecular weight excluding hydrogens is 452 g/mol. The van der Waals surface area contributed by atoms with Crippen LogP contribution in [0.2, 0.25) is 0 Å². The van der Waals surface area contributed by atoms with E-state index in [2.05, 4.69) is 26.4 Å². The fourth-order valence-electron chi connectivity index (χ4n) is 3.69. The molecule has 1 atom stereocenters. The van der Waals surface area contributed by atoms with Gasteiger partial charge in [-0.2, -0.15) is 0 Å². The van der Waals surface area contributed by atoms with E-state index in [0.717, 1.165) is 35.7 Å². The first-order valence-electron chi connectivity index (χ1n) is 10.8. The summed E-state index contributed by atoms with van der Waals surface area (Å²) in [6.07, 6.45) is 6.76. The van der Waals surface area contributed by atoms with Gasteiger partial charge in [-0.1, -0.05) is 30.3 Å². The zero-order chi connectivity index (χ0) is 23.9. The van der Waals surface area contributed by atoms with E-state index < -0.39 is 18.2 Å². The molecule has 4 N–H and O–H groups in total. The van der Waals surface area contributed by atoms with Gasteiger partial charge in [-0.3, -0.25) is 5.32 Å². The van der Waals surface area contributed by atoms with Crippen molar-refractivity contribution >= 4 is 35.1 Å².